The summed E-state index contributed by atoms with van der Waals surface area (Å²) in [6.45, 7) is 2.09. The van der Waals surface area contributed by atoms with Crippen LogP contribution in [0.2, 0.25) is 0 Å². The van der Waals surface area contributed by atoms with Crippen molar-refractivity contribution in [2.24, 2.45) is 0 Å². The third-order valence-corrected chi connectivity index (χ3v) is 5.83. The summed E-state index contributed by atoms with van der Waals surface area (Å²) in [6.07, 6.45) is 0.191. The molecule has 12 nitrogen and oxygen atoms in total. The molecule has 35 heavy (non-hydrogen) atoms. The van der Waals surface area contributed by atoms with Crippen molar-refractivity contribution in [2.75, 3.05) is 18.0 Å². The molecule has 0 saturated carbocycles. The van der Waals surface area contributed by atoms with Crippen molar-refractivity contribution in [2.45, 2.75) is 38.4 Å². The summed E-state index contributed by atoms with van der Waals surface area (Å²) in [7, 11) is 0. The molecular weight excluding hydrogens is 454 g/mol. The normalized spacial score (nSPS) is 14.3. The van der Waals surface area contributed by atoms with Gasteiger partial charge in [-0.3, -0.25) is 14.5 Å². The molecule has 0 saturated heterocycles. The van der Waals surface area contributed by atoms with Crippen LogP contribution in [0.4, 0.5) is 11.8 Å². The Labute approximate surface area is 200 Å². The van der Waals surface area contributed by atoms with Crippen molar-refractivity contribution < 1.29 is 24.6 Å². The van der Waals surface area contributed by atoms with Gasteiger partial charge in [0.1, 0.15) is 11.9 Å². The maximum atomic E-state index is 12.4. The van der Waals surface area contributed by atoms with E-state index in [1.54, 1.807) is 12.1 Å². The number of anilines is 2. The number of carbonyl (C=O) groups excluding carboxylic acids is 1. The highest BCUT2D eigenvalue weighted by Crippen LogP contribution is 2.25. The summed E-state index contributed by atoms with van der Waals surface area (Å²) >= 11 is 0. The summed E-state index contributed by atoms with van der Waals surface area (Å²) in [5.41, 5.74) is 15.4. The van der Waals surface area contributed by atoms with E-state index in [4.69, 9.17) is 16.6 Å². The molecular formula is C23H25N7O5. The first kappa shape index (κ1) is 23.8. The number of nitrogens with two attached hydrogens (primary N) is 2. The molecule has 0 radical (unpaired) electrons. The second-order valence-electron chi connectivity index (χ2n) is 8.39. The van der Waals surface area contributed by atoms with E-state index >= 15 is 0 Å². The number of benzene rings is 1. The van der Waals surface area contributed by atoms with Crippen molar-refractivity contribution in [3.8, 4) is 0 Å². The molecule has 3 aromatic rings. The minimum absolute atomic E-state index is 0.0933. The van der Waals surface area contributed by atoms with Crippen molar-refractivity contribution in [3.63, 3.8) is 0 Å². The maximum absolute atomic E-state index is 12.4. The minimum Gasteiger partial charge on any atom is -0.481 e. The topological polar surface area (TPSA) is 198 Å². The van der Waals surface area contributed by atoms with Gasteiger partial charge in [-0.25, -0.2) is 9.78 Å². The minimum atomic E-state index is -1.28. The molecule has 1 amide bonds. The number of carboxylic acid groups (broad SMARTS) is 2. The first-order valence-corrected chi connectivity index (χ1v) is 11.0. The van der Waals surface area contributed by atoms with Gasteiger partial charge in [0, 0.05) is 43.7 Å². The largest absolute Gasteiger partial charge is 0.481 e. The Balaban J connectivity index is 1.40. The van der Waals surface area contributed by atoms with E-state index < -0.39 is 23.9 Å². The van der Waals surface area contributed by atoms with Gasteiger partial charge in [-0.15, -0.1) is 0 Å². The number of aliphatic carboxylic acids is 2. The molecule has 182 valence electrons. The highest BCUT2D eigenvalue weighted by Gasteiger charge is 2.22. The molecule has 1 atom stereocenters. The van der Waals surface area contributed by atoms with E-state index in [2.05, 4.69) is 25.2 Å². The van der Waals surface area contributed by atoms with Crippen molar-refractivity contribution in [3.05, 3.63) is 52.7 Å². The molecule has 12 heteroatoms. The Morgan fingerprint density at radius 3 is 2.51 bits per heavy atom. The van der Waals surface area contributed by atoms with Crippen LogP contribution in [-0.2, 0) is 29.1 Å². The average Bonchev–Trinajstić information content (AvgIpc) is 2.80. The smallest absolute Gasteiger partial charge is 0.326 e. The molecule has 1 aliphatic heterocycles. The number of rotatable bonds is 8. The number of hydrogen-bond donors (Lipinski definition) is 5. The van der Waals surface area contributed by atoms with Crippen LogP contribution in [0, 0.1) is 0 Å². The third-order valence-electron chi connectivity index (χ3n) is 5.83. The standard InChI is InChI=1S/C23H25N7O5/c24-19-15-9-14-11-30(8-7-16(14)26-20(15)29-23(25)28-19)10-12-1-3-13(4-2-12)21(33)27-17(22(34)35)5-6-18(31)32/h1-4,9,17H,5-8,10-11H2,(H,27,33)(H,31,32)(H,34,35)(H4,24,25,26,28,29)/t17-/m1/s1. The molecule has 0 unspecified atom stereocenters. The van der Waals surface area contributed by atoms with Crippen LogP contribution >= 0.6 is 0 Å². The molecule has 1 aliphatic rings. The molecule has 0 spiro atoms. The Bertz CT molecular complexity index is 1300. The molecule has 0 bridgehead atoms. The Morgan fingerprint density at radius 2 is 1.83 bits per heavy atom. The Kier molecular flexibility index (Phi) is 6.73. The van der Waals surface area contributed by atoms with E-state index in [0.29, 0.717) is 35.5 Å². The lowest BCUT2D eigenvalue weighted by Gasteiger charge is -2.28. The summed E-state index contributed by atoms with van der Waals surface area (Å²) in [6, 6.07) is 7.55. The number of fused-ring (bicyclic) bond motifs is 2. The quantitative estimate of drug-likeness (QED) is 0.306. The number of amides is 1. The first-order chi connectivity index (χ1) is 16.7. The highest BCUT2D eigenvalue weighted by molar-refractivity contribution is 5.96. The summed E-state index contributed by atoms with van der Waals surface area (Å²) < 4.78 is 0. The number of hydrogen-bond acceptors (Lipinski definition) is 9. The average molecular weight is 479 g/mol. The van der Waals surface area contributed by atoms with Gasteiger partial charge in [-0.2, -0.15) is 9.97 Å². The first-order valence-electron chi connectivity index (χ1n) is 11.0. The lowest BCUT2D eigenvalue weighted by atomic mass is 10.0. The van der Waals surface area contributed by atoms with E-state index in [1.165, 1.54) is 0 Å². The van der Waals surface area contributed by atoms with Crippen LogP contribution < -0.4 is 16.8 Å². The van der Waals surface area contributed by atoms with Crippen molar-refractivity contribution in [1.82, 2.24) is 25.2 Å². The number of nitrogens with one attached hydrogen (secondary N) is 1. The number of nitrogen functional groups attached to an aromatic ring is 2. The van der Waals surface area contributed by atoms with Gasteiger partial charge in [0.05, 0.1) is 5.39 Å². The number of aromatic nitrogens is 3. The molecule has 0 fully saturated rings. The predicted octanol–water partition coefficient (Wildman–Crippen LogP) is 0.795. The lowest BCUT2D eigenvalue weighted by Crippen LogP contribution is -2.41. The summed E-state index contributed by atoms with van der Waals surface area (Å²) in [5, 5.41) is 21.0. The highest BCUT2D eigenvalue weighted by atomic mass is 16.4. The molecule has 4 rings (SSSR count). The lowest BCUT2D eigenvalue weighted by molar-refractivity contribution is -0.140. The zero-order valence-corrected chi connectivity index (χ0v) is 18.8. The molecule has 7 N–H and O–H groups in total. The van der Waals surface area contributed by atoms with Crippen molar-refractivity contribution >= 4 is 40.6 Å². The second kappa shape index (κ2) is 9.89. The SMILES string of the molecule is Nc1nc(N)c2cc3c(nc2n1)CCN(Cc1ccc(C(=O)N[C@H](CCC(=O)O)C(=O)O)cc1)C3. The van der Waals surface area contributed by atoms with Gasteiger partial charge < -0.3 is 27.0 Å². The summed E-state index contributed by atoms with van der Waals surface area (Å²) in [5.74, 6) is -2.58. The fraction of sp³-hybridized carbons (Fsp3) is 0.304. The van der Waals surface area contributed by atoms with Crippen LogP contribution in [0.1, 0.15) is 40.0 Å². The zero-order valence-electron chi connectivity index (χ0n) is 18.8. The third kappa shape index (κ3) is 5.61. The van der Waals surface area contributed by atoms with Gasteiger partial charge in [-0.05, 0) is 35.7 Å². The fourth-order valence-electron chi connectivity index (χ4n) is 4.03. The van der Waals surface area contributed by atoms with Gasteiger partial charge >= 0.3 is 11.9 Å². The fourth-order valence-corrected chi connectivity index (χ4v) is 4.03. The number of carbonyl (C=O) groups is 3. The monoisotopic (exact) mass is 479 g/mol. The van der Waals surface area contributed by atoms with Crippen LogP contribution in [0.25, 0.3) is 11.0 Å². The van der Waals surface area contributed by atoms with Crippen LogP contribution in [-0.4, -0.2) is 60.5 Å². The summed E-state index contributed by atoms with van der Waals surface area (Å²) in [4.78, 5) is 49.5. The van der Waals surface area contributed by atoms with Gasteiger partial charge in [0.15, 0.2) is 5.65 Å². The van der Waals surface area contributed by atoms with E-state index in [-0.39, 0.29) is 18.8 Å². The van der Waals surface area contributed by atoms with Gasteiger partial charge in [0.25, 0.3) is 5.91 Å². The maximum Gasteiger partial charge on any atom is 0.326 e. The van der Waals surface area contributed by atoms with Crippen LogP contribution in [0.3, 0.4) is 0 Å². The molecule has 2 aromatic heterocycles. The Morgan fingerprint density at radius 1 is 1.09 bits per heavy atom. The number of carboxylic acids is 2. The van der Waals surface area contributed by atoms with Crippen LogP contribution in [0.15, 0.2) is 30.3 Å². The van der Waals surface area contributed by atoms with Gasteiger partial charge in [0.2, 0.25) is 5.95 Å². The second-order valence-corrected chi connectivity index (χ2v) is 8.39. The zero-order chi connectivity index (χ0) is 25.1. The van der Waals surface area contributed by atoms with E-state index in [0.717, 1.165) is 29.8 Å². The number of nitrogens with zero attached hydrogens (tertiary/aromatic N) is 4. The van der Waals surface area contributed by atoms with E-state index in [1.807, 2.05) is 18.2 Å². The molecule has 0 aliphatic carbocycles. The van der Waals surface area contributed by atoms with Crippen molar-refractivity contribution in [1.29, 1.82) is 0 Å². The van der Waals surface area contributed by atoms with E-state index in [9.17, 15) is 19.5 Å². The Hall–Kier alpha value is -4.32. The molecule has 3 heterocycles. The molecule has 1 aromatic carbocycles. The van der Waals surface area contributed by atoms with Crippen LogP contribution in [0.5, 0.6) is 0 Å². The predicted molar refractivity (Wildman–Crippen MR) is 126 cm³/mol. The van der Waals surface area contributed by atoms with Gasteiger partial charge in [-0.1, -0.05) is 12.1 Å². The number of pyridine rings is 1.